The zero-order valence-electron chi connectivity index (χ0n) is 29.9. The van der Waals surface area contributed by atoms with Gasteiger partial charge >= 0.3 is 47.8 Å². The van der Waals surface area contributed by atoms with Crippen molar-refractivity contribution in [2.75, 3.05) is 26.4 Å². The highest BCUT2D eigenvalue weighted by atomic mass is 16.6. The summed E-state index contributed by atoms with van der Waals surface area (Å²) in [5.74, 6) is -16.3. The monoisotopic (exact) mass is 752 g/mol. The Bertz CT molecular complexity index is 1170. The molecule has 16 heteroatoms. The third-order valence-corrected chi connectivity index (χ3v) is 11.6. The standard InChI is InChI=1S/C37H52O16/c38-29(39)21-9-1-5-13-25(21)33(46)50-17-37(18-51-34(47)26-14-6-2-10-22(26)30(40)41,19-52-35(48)27-15-7-3-11-23(27)31(42)43)20-53-36(49)28-16-8-4-12-24(28)32(44)45/h21-28H,1-20H2,(H,38,39)(H,40,41)(H,42,43)(H,44,45). The van der Waals surface area contributed by atoms with E-state index in [1.165, 1.54) is 0 Å². The molecule has 0 heterocycles. The molecule has 0 spiro atoms. The molecule has 4 saturated carbocycles. The number of aliphatic carboxylic acids is 4. The average molecular weight is 753 g/mol. The van der Waals surface area contributed by atoms with Gasteiger partial charge in [-0.1, -0.05) is 51.4 Å². The van der Waals surface area contributed by atoms with Gasteiger partial charge < -0.3 is 39.4 Å². The van der Waals surface area contributed by atoms with Crippen molar-refractivity contribution < 1.29 is 77.7 Å². The number of carbonyl (C=O) groups is 8. The van der Waals surface area contributed by atoms with E-state index in [0.717, 1.165) is 0 Å². The Morgan fingerprint density at radius 3 is 0.679 bits per heavy atom. The molecule has 8 atom stereocenters. The van der Waals surface area contributed by atoms with Gasteiger partial charge in [-0.05, 0) is 51.4 Å². The lowest BCUT2D eigenvalue weighted by molar-refractivity contribution is -0.183. The second-order valence-electron chi connectivity index (χ2n) is 15.3. The van der Waals surface area contributed by atoms with E-state index in [-0.39, 0.29) is 51.4 Å². The van der Waals surface area contributed by atoms with Crippen LogP contribution in [0, 0.1) is 52.8 Å². The van der Waals surface area contributed by atoms with Crippen LogP contribution < -0.4 is 0 Å². The van der Waals surface area contributed by atoms with E-state index in [0.29, 0.717) is 51.4 Å². The molecule has 0 aromatic carbocycles. The molecule has 4 N–H and O–H groups in total. The zero-order valence-corrected chi connectivity index (χ0v) is 29.9. The largest absolute Gasteiger partial charge is 0.481 e. The molecular formula is C37H52O16. The molecule has 0 aromatic rings. The molecule has 4 rings (SSSR count). The van der Waals surface area contributed by atoms with Crippen LogP contribution in [0.2, 0.25) is 0 Å². The maximum Gasteiger partial charge on any atom is 0.309 e. The van der Waals surface area contributed by atoms with E-state index in [4.69, 9.17) is 18.9 Å². The third-order valence-electron chi connectivity index (χ3n) is 11.6. The van der Waals surface area contributed by atoms with E-state index < -0.39 is 127 Å². The number of ether oxygens (including phenoxy) is 4. The van der Waals surface area contributed by atoms with Crippen LogP contribution in [-0.4, -0.2) is 94.6 Å². The van der Waals surface area contributed by atoms with Crippen molar-refractivity contribution in [3.05, 3.63) is 0 Å². The van der Waals surface area contributed by atoms with Gasteiger partial charge in [0, 0.05) is 0 Å². The summed E-state index contributed by atoms with van der Waals surface area (Å²) in [7, 11) is 0. The summed E-state index contributed by atoms with van der Waals surface area (Å²) in [4.78, 5) is 102. The van der Waals surface area contributed by atoms with Crippen molar-refractivity contribution in [1.29, 1.82) is 0 Å². The summed E-state index contributed by atoms with van der Waals surface area (Å²) in [5.41, 5.74) is -1.82. The van der Waals surface area contributed by atoms with Gasteiger partial charge in [0.1, 0.15) is 31.8 Å². The van der Waals surface area contributed by atoms with E-state index in [2.05, 4.69) is 0 Å². The number of esters is 4. The maximum atomic E-state index is 13.5. The first-order valence-electron chi connectivity index (χ1n) is 18.8. The minimum Gasteiger partial charge on any atom is -0.481 e. The average Bonchev–Trinajstić information content (AvgIpc) is 3.16. The molecule has 296 valence electrons. The van der Waals surface area contributed by atoms with E-state index in [9.17, 15) is 58.8 Å². The summed E-state index contributed by atoms with van der Waals surface area (Å²) in [6, 6.07) is 0. The maximum absolute atomic E-state index is 13.5. The summed E-state index contributed by atoms with van der Waals surface area (Å²) in [6.45, 7) is -2.80. The number of carboxylic acids is 4. The summed E-state index contributed by atoms with van der Waals surface area (Å²) < 4.78 is 22.7. The van der Waals surface area contributed by atoms with Gasteiger partial charge in [0.05, 0.1) is 47.3 Å². The first kappa shape index (κ1) is 41.5. The molecule has 0 bridgehead atoms. The van der Waals surface area contributed by atoms with Crippen molar-refractivity contribution >= 4 is 47.8 Å². The Kier molecular flexibility index (Phi) is 15.0. The molecular weight excluding hydrogens is 700 g/mol. The van der Waals surface area contributed by atoms with Crippen molar-refractivity contribution in [2.45, 2.75) is 103 Å². The lowest BCUT2D eigenvalue weighted by Gasteiger charge is -2.36. The molecule has 0 aromatic heterocycles. The molecule has 4 fully saturated rings. The number of carboxylic acid groups (broad SMARTS) is 4. The zero-order chi connectivity index (χ0) is 38.7. The van der Waals surface area contributed by atoms with Gasteiger partial charge in [-0.2, -0.15) is 0 Å². The predicted octanol–water partition coefficient (Wildman–Crippen LogP) is 3.71. The van der Waals surface area contributed by atoms with Crippen LogP contribution in [0.1, 0.15) is 103 Å². The van der Waals surface area contributed by atoms with Crippen LogP contribution in [0.3, 0.4) is 0 Å². The van der Waals surface area contributed by atoms with E-state index >= 15 is 0 Å². The van der Waals surface area contributed by atoms with Crippen molar-refractivity contribution in [1.82, 2.24) is 0 Å². The molecule has 0 amide bonds. The highest BCUT2D eigenvalue weighted by molar-refractivity contribution is 5.83. The minimum atomic E-state index is -1.82. The fraction of sp³-hybridized carbons (Fsp3) is 0.784. The Balaban J connectivity index is 1.63. The van der Waals surface area contributed by atoms with Crippen LogP contribution in [0.25, 0.3) is 0 Å². The van der Waals surface area contributed by atoms with Crippen LogP contribution in [0.15, 0.2) is 0 Å². The summed E-state index contributed by atoms with van der Waals surface area (Å²) in [5, 5.41) is 39.1. The molecule has 4 aliphatic carbocycles. The topological polar surface area (TPSA) is 254 Å². The summed E-state index contributed by atoms with van der Waals surface area (Å²) >= 11 is 0. The molecule has 0 radical (unpaired) electrons. The van der Waals surface area contributed by atoms with Gasteiger partial charge in [-0.15, -0.1) is 0 Å². The number of rotatable bonds is 16. The number of hydrogen-bond donors (Lipinski definition) is 4. The van der Waals surface area contributed by atoms with Gasteiger partial charge in [-0.25, -0.2) is 0 Å². The SMILES string of the molecule is O=C(O)C1CCCCC1C(=O)OCC(COC(=O)C1CCCCC1C(=O)O)(COC(=O)C1CCCCC1C(=O)O)COC(=O)C1CCCCC1C(=O)O. The van der Waals surface area contributed by atoms with Crippen LogP contribution in [-0.2, 0) is 57.3 Å². The normalized spacial score (nSPS) is 30.0. The van der Waals surface area contributed by atoms with E-state index in [1.807, 2.05) is 0 Å². The smallest absolute Gasteiger partial charge is 0.309 e. The Labute approximate surface area is 307 Å². The summed E-state index contributed by atoms with van der Waals surface area (Å²) in [6.07, 6.45) is 6.62. The van der Waals surface area contributed by atoms with Crippen LogP contribution >= 0.6 is 0 Å². The highest BCUT2D eigenvalue weighted by Crippen LogP contribution is 2.37. The fourth-order valence-electron chi connectivity index (χ4n) is 8.41. The van der Waals surface area contributed by atoms with Crippen molar-refractivity contribution in [3.8, 4) is 0 Å². The molecule has 16 nitrogen and oxygen atoms in total. The molecule has 0 saturated heterocycles. The Hall–Kier alpha value is -4.24. The van der Waals surface area contributed by atoms with Gasteiger partial charge in [0.15, 0.2) is 0 Å². The molecule has 4 aliphatic rings. The quantitative estimate of drug-likeness (QED) is 0.129. The number of hydrogen-bond acceptors (Lipinski definition) is 12. The second-order valence-corrected chi connectivity index (χ2v) is 15.3. The minimum absolute atomic E-state index is 0.233. The van der Waals surface area contributed by atoms with Gasteiger partial charge in [0.25, 0.3) is 0 Å². The Morgan fingerprint density at radius 2 is 0.509 bits per heavy atom. The molecule has 8 unspecified atom stereocenters. The first-order chi connectivity index (χ1) is 25.2. The molecule has 0 aliphatic heterocycles. The fourth-order valence-corrected chi connectivity index (χ4v) is 8.41. The predicted molar refractivity (Wildman–Crippen MR) is 179 cm³/mol. The number of carbonyl (C=O) groups excluding carboxylic acids is 4. The Morgan fingerprint density at radius 1 is 0.340 bits per heavy atom. The lowest BCUT2D eigenvalue weighted by Crippen LogP contribution is -2.47. The lowest BCUT2D eigenvalue weighted by atomic mass is 9.79. The van der Waals surface area contributed by atoms with Gasteiger partial charge in [-0.3, -0.25) is 38.4 Å². The van der Waals surface area contributed by atoms with Gasteiger partial charge in [0.2, 0.25) is 0 Å². The van der Waals surface area contributed by atoms with Crippen molar-refractivity contribution in [2.24, 2.45) is 52.8 Å². The van der Waals surface area contributed by atoms with Crippen molar-refractivity contribution in [3.63, 3.8) is 0 Å². The second kappa shape index (κ2) is 19.2. The third kappa shape index (κ3) is 10.9. The van der Waals surface area contributed by atoms with Crippen LogP contribution in [0.5, 0.6) is 0 Å². The first-order valence-corrected chi connectivity index (χ1v) is 18.8. The highest BCUT2D eigenvalue weighted by Gasteiger charge is 2.46. The molecule has 53 heavy (non-hydrogen) atoms. The van der Waals surface area contributed by atoms with Crippen LogP contribution in [0.4, 0.5) is 0 Å². The van der Waals surface area contributed by atoms with E-state index in [1.54, 1.807) is 0 Å².